The van der Waals surface area contributed by atoms with Crippen LogP contribution in [0.15, 0.2) is 42.5 Å². The van der Waals surface area contributed by atoms with Crippen LogP contribution < -0.4 is 11.1 Å². The van der Waals surface area contributed by atoms with E-state index in [1.54, 1.807) is 19.1 Å². The van der Waals surface area contributed by atoms with Gasteiger partial charge in [-0.1, -0.05) is 18.2 Å². The fourth-order valence-corrected chi connectivity index (χ4v) is 3.94. The van der Waals surface area contributed by atoms with Crippen LogP contribution in [0.5, 0.6) is 0 Å². The summed E-state index contributed by atoms with van der Waals surface area (Å²) in [4.78, 5) is 23.0. The van der Waals surface area contributed by atoms with Gasteiger partial charge in [-0.15, -0.1) is 0 Å². The van der Waals surface area contributed by atoms with E-state index in [2.05, 4.69) is 10.2 Å². The van der Waals surface area contributed by atoms with Crippen LogP contribution in [-0.2, 0) is 23.9 Å². The smallest absolute Gasteiger partial charge is 0.246 e. The molecule has 1 saturated heterocycles. The van der Waals surface area contributed by atoms with E-state index in [1.807, 2.05) is 46.8 Å². The maximum atomic E-state index is 12.9. The number of anilines is 1. The normalized spacial score (nSPS) is 15.7. The number of hydrogen-bond acceptors (Lipinski definition) is 4. The number of hydrogen-bond donors (Lipinski definition) is 2. The van der Waals surface area contributed by atoms with Crippen molar-refractivity contribution in [1.82, 2.24) is 14.5 Å². The molecule has 2 heterocycles. The lowest BCUT2D eigenvalue weighted by molar-refractivity contribution is -0.135. The second-order valence-corrected chi connectivity index (χ2v) is 8.00. The van der Waals surface area contributed by atoms with Crippen molar-refractivity contribution in [3.63, 3.8) is 0 Å². The summed E-state index contributed by atoms with van der Waals surface area (Å²) in [6.07, 6.45) is 2.08. The number of aromatic nitrogens is 2. The molecule has 2 aromatic carbocycles. The van der Waals surface area contributed by atoms with Crippen LogP contribution in [0.25, 0.3) is 15.9 Å². The van der Waals surface area contributed by atoms with Crippen LogP contribution in [0, 0.1) is 6.57 Å². The summed E-state index contributed by atoms with van der Waals surface area (Å²) in [5.74, 6) is 0.848. The molecule has 1 aliphatic rings. The highest BCUT2D eigenvalue weighted by Crippen LogP contribution is 2.27. The predicted molar refractivity (Wildman–Crippen MR) is 118 cm³/mol. The lowest BCUT2D eigenvalue weighted by Crippen LogP contribution is -2.50. The van der Waals surface area contributed by atoms with Crippen molar-refractivity contribution in [2.45, 2.75) is 31.8 Å². The number of benzene rings is 2. The molecule has 0 aliphatic carbocycles. The molecule has 1 amide bonds. The van der Waals surface area contributed by atoms with E-state index >= 15 is 0 Å². The van der Waals surface area contributed by atoms with Crippen LogP contribution in [0.3, 0.4) is 0 Å². The minimum Gasteiger partial charge on any atom is -0.378 e. The Morgan fingerprint density at radius 1 is 1.23 bits per heavy atom. The zero-order valence-corrected chi connectivity index (χ0v) is 17.4. The average molecular weight is 403 g/mol. The summed E-state index contributed by atoms with van der Waals surface area (Å²) in [5, 5.41) is 3.34. The Morgan fingerprint density at radius 3 is 2.60 bits per heavy atom. The molecule has 0 saturated carbocycles. The molecule has 1 atom stereocenters. The minimum atomic E-state index is -1.07. The van der Waals surface area contributed by atoms with E-state index in [0.717, 1.165) is 54.0 Å². The molecule has 154 valence electrons. The number of nitrogens with zero attached hydrogens (tertiary/aromatic N) is 4. The number of likely N-dealkylation sites (tertiary alicyclic amines) is 1. The van der Waals surface area contributed by atoms with Crippen LogP contribution in [-0.4, -0.2) is 33.4 Å². The first-order valence-electron chi connectivity index (χ1n) is 10.2. The zero-order valence-electron chi connectivity index (χ0n) is 17.4. The van der Waals surface area contributed by atoms with E-state index in [9.17, 15) is 4.79 Å². The minimum absolute atomic E-state index is 0.0277. The van der Waals surface area contributed by atoms with Crippen LogP contribution in [0.4, 0.5) is 11.4 Å². The van der Waals surface area contributed by atoms with Gasteiger partial charge in [-0.2, -0.15) is 0 Å². The molecule has 7 heteroatoms. The number of nitrogens with one attached hydrogen (secondary N) is 1. The van der Waals surface area contributed by atoms with E-state index in [-0.39, 0.29) is 5.91 Å². The van der Waals surface area contributed by atoms with E-state index in [4.69, 9.17) is 17.3 Å². The number of rotatable bonds is 5. The standard InChI is InChI=1S/C23H26N6O/c1-23(24,22(30)29-12-4-5-13-29)16-6-11-20-19(14-16)27-21(28(20)3)15-26-18-9-7-17(25-2)8-10-18/h6-11,14,26H,4-5,12-13,15,24H2,1,3H3/t23-/m1/s1. The van der Waals surface area contributed by atoms with Gasteiger partial charge in [0, 0.05) is 25.8 Å². The van der Waals surface area contributed by atoms with Crippen molar-refractivity contribution in [1.29, 1.82) is 0 Å². The van der Waals surface area contributed by atoms with Crippen LogP contribution >= 0.6 is 0 Å². The Kier molecular flexibility index (Phi) is 5.18. The fourth-order valence-electron chi connectivity index (χ4n) is 3.94. The highest BCUT2D eigenvalue weighted by atomic mass is 16.2. The predicted octanol–water partition coefficient (Wildman–Crippen LogP) is 3.53. The second kappa shape index (κ2) is 7.81. The molecule has 0 bridgehead atoms. The Labute approximate surface area is 176 Å². The van der Waals surface area contributed by atoms with E-state index < -0.39 is 5.54 Å². The molecule has 1 aromatic heterocycles. The van der Waals surface area contributed by atoms with Crippen molar-refractivity contribution in [3.05, 3.63) is 65.3 Å². The second-order valence-electron chi connectivity index (χ2n) is 8.00. The summed E-state index contributed by atoms with van der Waals surface area (Å²) in [6, 6.07) is 13.2. The van der Waals surface area contributed by atoms with Crippen molar-refractivity contribution >= 4 is 28.3 Å². The molecule has 7 nitrogen and oxygen atoms in total. The maximum absolute atomic E-state index is 12.9. The Morgan fingerprint density at radius 2 is 1.93 bits per heavy atom. The van der Waals surface area contributed by atoms with Crippen molar-refractivity contribution < 1.29 is 4.79 Å². The summed E-state index contributed by atoms with van der Waals surface area (Å²) < 4.78 is 2.04. The third-order valence-electron chi connectivity index (χ3n) is 5.86. The Balaban J connectivity index is 1.56. The first-order valence-corrected chi connectivity index (χ1v) is 10.2. The van der Waals surface area contributed by atoms with Crippen LogP contribution in [0.1, 0.15) is 31.2 Å². The lowest BCUT2D eigenvalue weighted by atomic mass is 9.91. The SMILES string of the molecule is [C-]#[N+]c1ccc(NCc2nc3cc([C@@](C)(N)C(=O)N4CCCC4)ccc3n2C)cc1. The van der Waals surface area contributed by atoms with Gasteiger partial charge in [0.25, 0.3) is 0 Å². The topological polar surface area (TPSA) is 80.5 Å². The molecule has 1 aliphatic heterocycles. The third kappa shape index (κ3) is 3.62. The van der Waals surface area contributed by atoms with Gasteiger partial charge in [0.15, 0.2) is 5.69 Å². The van der Waals surface area contributed by atoms with Crippen molar-refractivity contribution in [2.75, 3.05) is 18.4 Å². The molecular weight excluding hydrogens is 376 g/mol. The number of aryl methyl sites for hydroxylation is 1. The van der Waals surface area contributed by atoms with E-state index in [1.165, 1.54) is 0 Å². The fraction of sp³-hybridized carbons (Fsp3) is 0.348. The third-order valence-corrected chi connectivity index (χ3v) is 5.86. The first-order chi connectivity index (χ1) is 14.4. The summed E-state index contributed by atoms with van der Waals surface area (Å²) >= 11 is 0. The summed E-state index contributed by atoms with van der Waals surface area (Å²) in [7, 11) is 1.98. The number of amides is 1. The molecule has 0 unspecified atom stereocenters. The molecule has 0 radical (unpaired) electrons. The zero-order chi connectivity index (χ0) is 21.3. The number of imidazole rings is 1. The number of carbonyl (C=O) groups excluding carboxylic acids is 1. The molecule has 4 rings (SSSR count). The molecule has 0 spiro atoms. The van der Waals surface area contributed by atoms with Gasteiger partial charge in [-0.25, -0.2) is 9.83 Å². The monoisotopic (exact) mass is 402 g/mol. The Hall–Kier alpha value is -3.37. The number of nitrogens with two attached hydrogens (primary N) is 1. The highest BCUT2D eigenvalue weighted by Gasteiger charge is 2.35. The van der Waals surface area contributed by atoms with Crippen LogP contribution in [0.2, 0.25) is 0 Å². The van der Waals surface area contributed by atoms with Gasteiger partial charge in [-0.05, 0) is 49.6 Å². The molecule has 30 heavy (non-hydrogen) atoms. The average Bonchev–Trinajstić information content (AvgIpc) is 3.40. The summed E-state index contributed by atoms with van der Waals surface area (Å²) in [6.45, 7) is 10.9. The lowest BCUT2D eigenvalue weighted by Gasteiger charge is -2.29. The highest BCUT2D eigenvalue weighted by molar-refractivity contribution is 5.89. The van der Waals surface area contributed by atoms with Gasteiger partial charge >= 0.3 is 0 Å². The van der Waals surface area contributed by atoms with Gasteiger partial charge in [0.1, 0.15) is 11.4 Å². The largest absolute Gasteiger partial charge is 0.378 e. The van der Waals surface area contributed by atoms with Gasteiger partial charge in [0.05, 0.1) is 24.2 Å². The molecule has 3 N–H and O–H groups in total. The maximum Gasteiger partial charge on any atom is 0.246 e. The number of fused-ring (bicyclic) bond motifs is 1. The first kappa shape index (κ1) is 19.9. The van der Waals surface area contributed by atoms with Crippen molar-refractivity contribution in [2.24, 2.45) is 12.8 Å². The molecule has 3 aromatic rings. The van der Waals surface area contributed by atoms with Gasteiger partial charge in [0.2, 0.25) is 5.91 Å². The van der Waals surface area contributed by atoms with Gasteiger partial charge < -0.3 is 20.5 Å². The van der Waals surface area contributed by atoms with E-state index in [0.29, 0.717) is 12.2 Å². The quantitative estimate of drug-likeness (QED) is 0.640. The van der Waals surface area contributed by atoms with Gasteiger partial charge in [-0.3, -0.25) is 4.79 Å². The Bertz CT molecular complexity index is 1120. The number of carbonyl (C=O) groups is 1. The van der Waals surface area contributed by atoms with Crippen molar-refractivity contribution in [3.8, 4) is 0 Å². The molecular formula is C23H26N6O. The molecule has 1 fully saturated rings. The summed E-state index contributed by atoms with van der Waals surface area (Å²) in [5.41, 5.74) is 9.56.